The van der Waals surface area contributed by atoms with Crippen molar-refractivity contribution in [2.45, 2.75) is 52.2 Å². The van der Waals surface area contributed by atoms with Crippen LogP contribution in [0.1, 0.15) is 34.1 Å². The van der Waals surface area contributed by atoms with Crippen LogP contribution in [0.2, 0.25) is 0 Å². The first-order valence-corrected chi connectivity index (χ1v) is 8.50. The molecule has 0 aromatic heterocycles. The first-order chi connectivity index (χ1) is 9.56. The third-order valence-electron chi connectivity index (χ3n) is 5.02. The monoisotopic (exact) mass is 282 g/mol. The topological polar surface area (TPSA) is 21.8 Å². The first kappa shape index (κ1) is 16.2. The Labute approximate surface area is 125 Å². The van der Waals surface area contributed by atoms with Gasteiger partial charge < -0.3 is 10.2 Å². The Kier molecular flexibility index (Phi) is 6.27. The highest BCUT2D eigenvalue weighted by Crippen LogP contribution is 2.11. The van der Waals surface area contributed by atoms with Crippen LogP contribution < -0.4 is 5.32 Å². The molecule has 0 aromatic carbocycles. The second kappa shape index (κ2) is 7.74. The Bertz CT molecular complexity index is 274. The van der Waals surface area contributed by atoms with Crippen LogP contribution in [-0.4, -0.2) is 85.2 Å². The lowest BCUT2D eigenvalue weighted by Gasteiger charge is -2.39. The summed E-state index contributed by atoms with van der Waals surface area (Å²) in [6.07, 6.45) is 1.31. The van der Waals surface area contributed by atoms with Crippen LogP contribution in [0.4, 0.5) is 0 Å². The van der Waals surface area contributed by atoms with Gasteiger partial charge in [0.1, 0.15) is 0 Å². The number of hydrogen-bond acceptors (Lipinski definition) is 4. The fourth-order valence-electron chi connectivity index (χ4n) is 3.42. The minimum Gasteiger partial charge on any atom is -0.312 e. The van der Waals surface area contributed by atoms with Crippen molar-refractivity contribution in [3.05, 3.63) is 0 Å². The van der Waals surface area contributed by atoms with Gasteiger partial charge in [-0.1, -0.05) is 0 Å². The largest absolute Gasteiger partial charge is 0.312 e. The average Bonchev–Trinajstić information content (AvgIpc) is 2.45. The standard InChI is InChI=1S/C16H34N4/c1-14(2)19-11-9-18(10-12-19)7-5-16(4)20-8-6-17-15(3)13-20/h14-17H,5-13H2,1-4H3/t15-,16?/m0/s1. The molecule has 2 aliphatic heterocycles. The van der Waals surface area contributed by atoms with E-state index in [4.69, 9.17) is 0 Å². The van der Waals surface area contributed by atoms with E-state index in [9.17, 15) is 0 Å². The van der Waals surface area contributed by atoms with Gasteiger partial charge in [0.25, 0.3) is 0 Å². The fourth-order valence-corrected chi connectivity index (χ4v) is 3.42. The molecule has 0 aliphatic carbocycles. The lowest BCUT2D eigenvalue weighted by atomic mass is 10.1. The summed E-state index contributed by atoms with van der Waals surface area (Å²) in [5.74, 6) is 0. The van der Waals surface area contributed by atoms with E-state index in [-0.39, 0.29) is 0 Å². The summed E-state index contributed by atoms with van der Waals surface area (Å²) in [6, 6.07) is 2.09. The molecule has 2 heterocycles. The van der Waals surface area contributed by atoms with Crippen LogP contribution in [0, 0.1) is 0 Å². The van der Waals surface area contributed by atoms with Crippen molar-refractivity contribution in [3.63, 3.8) is 0 Å². The molecular weight excluding hydrogens is 248 g/mol. The molecule has 1 N–H and O–H groups in total. The van der Waals surface area contributed by atoms with E-state index < -0.39 is 0 Å². The van der Waals surface area contributed by atoms with E-state index >= 15 is 0 Å². The number of nitrogens with one attached hydrogen (secondary N) is 1. The summed E-state index contributed by atoms with van der Waals surface area (Å²) in [7, 11) is 0. The van der Waals surface area contributed by atoms with E-state index in [1.165, 1.54) is 52.2 Å². The predicted octanol–water partition coefficient (Wildman–Crippen LogP) is 1.08. The van der Waals surface area contributed by atoms with Crippen LogP contribution in [0.15, 0.2) is 0 Å². The molecule has 0 spiro atoms. The minimum atomic E-state index is 0.654. The lowest BCUT2D eigenvalue weighted by molar-refractivity contribution is 0.0925. The normalized spacial score (nSPS) is 28.9. The van der Waals surface area contributed by atoms with Gasteiger partial charge in [-0.25, -0.2) is 0 Å². The van der Waals surface area contributed by atoms with Gasteiger partial charge in [0.2, 0.25) is 0 Å². The van der Waals surface area contributed by atoms with Crippen molar-refractivity contribution in [1.82, 2.24) is 20.0 Å². The van der Waals surface area contributed by atoms with Gasteiger partial charge in [0.05, 0.1) is 0 Å². The molecule has 2 saturated heterocycles. The van der Waals surface area contributed by atoms with Crippen LogP contribution in [-0.2, 0) is 0 Å². The molecule has 118 valence electrons. The number of hydrogen-bond donors (Lipinski definition) is 1. The Hall–Kier alpha value is -0.160. The summed E-state index contributed by atoms with van der Waals surface area (Å²) < 4.78 is 0. The Morgan fingerprint density at radius 2 is 1.70 bits per heavy atom. The highest BCUT2D eigenvalue weighted by atomic mass is 15.3. The van der Waals surface area contributed by atoms with Crippen LogP contribution in [0.5, 0.6) is 0 Å². The zero-order chi connectivity index (χ0) is 14.5. The van der Waals surface area contributed by atoms with Gasteiger partial charge in [-0.2, -0.15) is 0 Å². The van der Waals surface area contributed by atoms with Crippen LogP contribution in [0.3, 0.4) is 0 Å². The second-order valence-electron chi connectivity index (χ2n) is 6.96. The maximum absolute atomic E-state index is 3.53. The van der Waals surface area contributed by atoms with Crippen molar-refractivity contribution >= 4 is 0 Å². The van der Waals surface area contributed by atoms with Crippen LogP contribution >= 0.6 is 0 Å². The molecule has 4 nitrogen and oxygen atoms in total. The smallest absolute Gasteiger partial charge is 0.0167 e. The average molecular weight is 282 g/mol. The maximum atomic E-state index is 3.53. The summed E-state index contributed by atoms with van der Waals surface area (Å²) in [6.45, 7) is 19.2. The highest BCUT2D eigenvalue weighted by Gasteiger charge is 2.22. The third-order valence-corrected chi connectivity index (χ3v) is 5.02. The molecule has 0 aromatic rings. The first-order valence-electron chi connectivity index (χ1n) is 8.50. The van der Waals surface area contributed by atoms with Gasteiger partial charge in [0.15, 0.2) is 0 Å². The molecule has 0 radical (unpaired) electrons. The molecule has 4 heteroatoms. The van der Waals surface area contributed by atoms with Gasteiger partial charge in [-0.15, -0.1) is 0 Å². The van der Waals surface area contributed by atoms with Crippen molar-refractivity contribution in [2.75, 3.05) is 52.4 Å². The molecule has 2 aliphatic rings. The molecule has 2 fully saturated rings. The van der Waals surface area contributed by atoms with Crippen molar-refractivity contribution in [1.29, 1.82) is 0 Å². The lowest BCUT2D eigenvalue weighted by Crippen LogP contribution is -2.53. The van der Waals surface area contributed by atoms with E-state index in [2.05, 4.69) is 47.7 Å². The van der Waals surface area contributed by atoms with Gasteiger partial charge in [-0.05, 0) is 40.7 Å². The molecule has 1 unspecified atom stereocenters. The summed E-state index contributed by atoms with van der Waals surface area (Å²) >= 11 is 0. The van der Waals surface area contributed by atoms with Crippen molar-refractivity contribution in [3.8, 4) is 0 Å². The van der Waals surface area contributed by atoms with Gasteiger partial charge in [0, 0.05) is 63.9 Å². The quantitative estimate of drug-likeness (QED) is 0.815. The second-order valence-corrected chi connectivity index (χ2v) is 6.96. The van der Waals surface area contributed by atoms with E-state index in [0.717, 1.165) is 12.6 Å². The predicted molar refractivity (Wildman–Crippen MR) is 86.3 cm³/mol. The molecule has 0 amide bonds. The number of piperazine rings is 2. The number of rotatable bonds is 5. The van der Waals surface area contributed by atoms with E-state index in [1.54, 1.807) is 0 Å². The molecule has 20 heavy (non-hydrogen) atoms. The van der Waals surface area contributed by atoms with E-state index in [0.29, 0.717) is 12.1 Å². The molecular formula is C16H34N4. The minimum absolute atomic E-state index is 0.654. The van der Waals surface area contributed by atoms with E-state index in [1.807, 2.05) is 0 Å². The maximum Gasteiger partial charge on any atom is 0.0167 e. The van der Waals surface area contributed by atoms with Gasteiger partial charge in [-0.3, -0.25) is 9.80 Å². The van der Waals surface area contributed by atoms with Gasteiger partial charge >= 0.3 is 0 Å². The Morgan fingerprint density at radius 3 is 2.30 bits per heavy atom. The summed E-state index contributed by atoms with van der Waals surface area (Å²) in [4.78, 5) is 7.91. The third kappa shape index (κ3) is 4.69. The SMILES string of the molecule is CC(C)N1CCN(CCC(C)N2CCN[C@@H](C)C2)CC1. The zero-order valence-electron chi connectivity index (χ0n) is 13.9. The van der Waals surface area contributed by atoms with Crippen molar-refractivity contribution in [2.24, 2.45) is 0 Å². The molecule has 0 bridgehead atoms. The van der Waals surface area contributed by atoms with Crippen LogP contribution in [0.25, 0.3) is 0 Å². The fraction of sp³-hybridized carbons (Fsp3) is 1.00. The molecule has 2 atom stereocenters. The Morgan fingerprint density at radius 1 is 1.00 bits per heavy atom. The summed E-state index contributed by atoms with van der Waals surface area (Å²) in [5.41, 5.74) is 0. The molecule has 2 rings (SSSR count). The zero-order valence-corrected chi connectivity index (χ0v) is 13.9. The van der Waals surface area contributed by atoms with Crippen molar-refractivity contribution < 1.29 is 0 Å². The highest BCUT2D eigenvalue weighted by molar-refractivity contribution is 4.80. The Balaban J connectivity index is 1.65. The molecule has 0 saturated carbocycles. The number of nitrogens with zero attached hydrogens (tertiary/aromatic N) is 3. The summed E-state index contributed by atoms with van der Waals surface area (Å²) in [5, 5.41) is 3.53.